The van der Waals surface area contributed by atoms with Gasteiger partial charge in [0.25, 0.3) is 5.56 Å². The first-order valence-corrected chi connectivity index (χ1v) is 20.3. The maximum atomic E-state index is 13.6. The van der Waals surface area contributed by atoms with E-state index in [1.807, 2.05) is 44.7 Å². The van der Waals surface area contributed by atoms with Crippen LogP contribution in [0.25, 0.3) is 22.3 Å². The number of nitrogens with zero attached hydrogens (tertiary/aromatic N) is 4. The Bertz CT molecular complexity index is 2040. The summed E-state index contributed by atoms with van der Waals surface area (Å²) in [5, 5.41) is 11.9. The van der Waals surface area contributed by atoms with Gasteiger partial charge in [-0.15, -0.1) is 0 Å². The number of cyclic esters (lactones) is 1. The number of piperazine rings is 1. The average molecular weight is 773 g/mol. The summed E-state index contributed by atoms with van der Waals surface area (Å²) in [6, 6.07) is 7.26. The standard InChI is InChI=1S/C43H56N4O9/c1-6-28-18-19-34(30-24-29-26-47-33(38(29)44-37(28)30)25-32-31(39(47)50)27-54-40(51)43(32,53)7-2)55-41(52)46-22-20-45(21-23-46)35(48)16-14-12-10-8-9-11-13-15-17-36(49)56-42(3,4)5/h18-19,24-25,53H,6-17,20-23,26-27H2,1-5H3/t43-/m0/s1. The highest BCUT2D eigenvalue weighted by Crippen LogP contribution is 2.40. The fraction of sp³-hybridized carbons (Fsp3) is 0.581. The zero-order valence-electron chi connectivity index (χ0n) is 33.5. The maximum absolute atomic E-state index is 13.6. The second-order valence-electron chi connectivity index (χ2n) is 16.2. The molecule has 1 aromatic carbocycles. The fourth-order valence-electron chi connectivity index (χ4n) is 7.93. The second kappa shape index (κ2) is 17.2. The lowest BCUT2D eigenvalue weighted by molar-refractivity contribution is -0.172. The van der Waals surface area contributed by atoms with Crippen LogP contribution in [0.15, 0.2) is 29.1 Å². The van der Waals surface area contributed by atoms with Crippen molar-refractivity contribution < 1.29 is 38.5 Å². The van der Waals surface area contributed by atoms with Gasteiger partial charge < -0.3 is 33.7 Å². The smallest absolute Gasteiger partial charge is 0.415 e. The van der Waals surface area contributed by atoms with Crippen molar-refractivity contribution in [1.29, 1.82) is 0 Å². The Balaban J connectivity index is 0.996. The predicted molar refractivity (Wildman–Crippen MR) is 210 cm³/mol. The van der Waals surface area contributed by atoms with Crippen molar-refractivity contribution in [3.63, 3.8) is 0 Å². The van der Waals surface area contributed by atoms with Crippen molar-refractivity contribution in [2.24, 2.45) is 0 Å². The van der Waals surface area contributed by atoms with Gasteiger partial charge in [-0.3, -0.25) is 14.4 Å². The lowest BCUT2D eigenvalue weighted by Crippen LogP contribution is -2.51. The van der Waals surface area contributed by atoms with Crippen LogP contribution in [-0.2, 0) is 49.0 Å². The number of hydrogen-bond donors (Lipinski definition) is 1. The summed E-state index contributed by atoms with van der Waals surface area (Å²) in [7, 11) is 0. The number of carbonyl (C=O) groups excluding carboxylic acids is 4. The van der Waals surface area contributed by atoms with Crippen molar-refractivity contribution in [3.05, 3.63) is 56.9 Å². The molecule has 1 saturated heterocycles. The summed E-state index contributed by atoms with van der Waals surface area (Å²) < 4.78 is 18.1. The van der Waals surface area contributed by atoms with Gasteiger partial charge >= 0.3 is 18.0 Å². The normalized spacial score (nSPS) is 17.6. The molecule has 1 N–H and O–H groups in total. The quantitative estimate of drug-likeness (QED) is 0.110. The monoisotopic (exact) mass is 772 g/mol. The number of fused-ring (bicyclic) bond motifs is 5. The molecular formula is C43H56N4O9. The Hall–Kier alpha value is -4.78. The molecule has 2 amide bonds. The van der Waals surface area contributed by atoms with E-state index in [0.717, 1.165) is 62.5 Å². The van der Waals surface area contributed by atoms with Gasteiger partial charge in [0, 0.05) is 55.5 Å². The van der Waals surface area contributed by atoms with E-state index in [1.54, 1.807) is 28.5 Å². The molecule has 56 heavy (non-hydrogen) atoms. The van der Waals surface area contributed by atoms with E-state index in [1.165, 1.54) is 0 Å². The summed E-state index contributed by atoms with van der Waals surface area (Å²) >= 11 is 0. The Morgan fingerprint density at radius 1 is 0.893 bits per heavy atom. The van der Waals surface area contributed by atoms with E-state index in [-0.39, 0.29) is 48.1 Å². The van der Waals surface area contributed by atoms with E-state index < -0.39 is 23.3 Å². The minimum absolute atomic E-state index is 0.0588. The molecule has 3 aliphatic heterocycles. The summed E-state index contributed by atoms with van der Waals surface area (Å²) in [6.07, 6.45) is 9.34. The van der Waals surface area contributed by atoms with Crippen LogP contribution in [-0.4, -0.2) is 80.2 Å². The number of hydrogen-bond acceptors (Lipinski definition) is 10. The highest BCUT2D eigenvalue weighted by Gasteiger charge is 2.45. The first-order chi connectivity index (χ1) is 26.7. The third-order valence-electron chi connectivity index (χ3n) is 11.1. The van der Waals surface area contributed by atoms with Crippen LogP contribution in [0.4, 0.5) is 4.79 Å². The van der Waals surface area contributed by atoms with Gasteiger partial charge in [0.1, 0.15) is 18.0 Å². The molecule has 5 heterocycles. The van der Waals surface area contributed by atoms with Gasteiger partial charge in [0.15, 0.2) is 5.60 Å². The number of esters is 2. The first kappa shape index (κ1) is 40.9. The third kappa shape index (κ3) is 8.77. The highest BCUT2D eigenvalue weighted by molar-refractivity contribution is 5.93. The third-order valence-corrected chi connectivity index (χ3v) is 11.1. The molecule has 302 valence electrons. The van der Waals surface area contributed by atoms with E-state index in [4.69, 9.17) is 19.2 Å². The summed E-state index contributed by atoms with van der Waals surface area (Å²) in [5.41, 5.74) is 1.28. The fourth-order valence-corrected chi connectivity index (χ4v) is 7.93. The Morgan fingerprint density at radius 2 is 1.54 bits per heavy atom. The summed E-state index contributed by atoms with van der Waals surface area (Å²) in [4.78, 5) is 72.9. The van der Waals surface area contributed by atoms with Crippen molar-refractivity contribution in [3.8, 4) is 17.1 Å². The van der Waals surface area contributed by atoms with Gasteiger partial charge in [-0.05, 0) is 70.2 Å². The van der Waals surface area contributed by atoms with Crippen LogP contribution in [0.3, 0.4) is 0 Å². The van der Waals surface area contributed by atoms with Crippen LogP contribution < -0.4 is 10.3 Å². The molecule has 6 rings (SSSR count). The molecule has 13 heteroatoms. The second-order valence-corrected chi connectivity index (χ2v) is 16.2. The molecular weight excluding hydrogens is 716 g/mol. The van der Waals surface area contributed by atoms with E-state index in [9.17, 15) is 29.1 Å². The molecule has 0 radical (unpaired) electrons. The van der Waals surface area contributed by atoms with Crippen LogP contribution in [0, 0.1) is 0 Å². The number of pyridine rings is 2. The number of benzene rings is 1. The molecule has 0 bridgehead atoms. The van der Waals surface area contributed by atoms with Crippen molar-refractivity contribution in [2.75, 3.05) is 26.2 Å². The van der Waals surface area contributed by atoms with Crippen LogP contribution >= 0.6 is 0 Å². The highest BCUT2D eigenvalue weighted by atomic mass is 16.6. The molecule has 3 aromatic rings. The van der Waals surface area contributed by atoms with Crippen molar-refractivity contribution >= 4 is 34.8 Å². The zero-order chi connectivity index (χ0) is 40.2. The zero-order valence-corrected chi connectivity index (χ0v) is 33.5. The number of carbonyl (C=O) groups is 4. The summed E-state index contributed by atoms with van der Waals surface area (Å²) in [6.45, 7) is 11.0. The van der Waals surface area contributed by atoms with E-state index >= 15 is 0 Å². The minimum Gasteiger partial charge on any atom is -0.460 e. The Morgan fingerprint density at radius 3 is 2.18 bits per heavy atom. The van der Waals surface area contributed by atoms with E-state index in [0.29, 0.717) is 73.5 Å². The van der Waals surface area contributed by atoms with Crippen molar-refractivity contribution in [2.45, 2.75) is 136 Å². The number of unbranched alkanes of at least 4 members (excludes halogenated alkanes) is 7. The molecule has 13 nitrogen and oxygen atoms in total. The van der Waals surface area contributed by atoms with Gasteiger partial charge in [0.2, 0.25) is 5.91 Å². The van der Waals surface area contributed by atoms with Crippen LogP contribution in [0.5, 0.6) is 5.75 Å². The molecule has 0 aliphatic carbocycles. The number of amides is 2. The molecule has 0 spiro atoms. The molecule has 3 aliphatic rings. The number of ether oxygens (including phenoxy) is 3. The number of aliphatic hydroxyl groups is 1. The summed E-state index contributed by atoms with van der Waals surface area (Å²) in [5.74, 6) is -0.427. The molecule has 2 aromatic heterocycles. The van der Waals surface area contributed by atoms with Gasteiger partial charge in [-0.2, -0.15) is 0 Å². The average Bonchev–Trinajstić information content (AvgIpc) is 3.53. The predicted octanol–water partition coefficient (Wildman–Crippen LogP) is 6.53. The van der Waals surface area contributed by atoms with E-state index in [2.05, 4.69) is 0 Å². The number of aryl methyl sites for hydroxylation is 1. The minimum atomic E-state index is -1.91. The van der Waals surface area contributed by atoms with Gasteiger partial charge in [-0.25, -0.2) is 14.6 Å². The lowest BCUT2D eigenvalue weighted by Gasteiger charge is -2.34. The Labute approximate surface area is 328 Å². The molecule has 0 saturated carbocycles. The number of rotatable bonds is 14. The largest absolute Gasteiger partial charge is 0.460 e. The molecule has 1 fully saturated rings. The molecule has 0 unspecified atom stereocenters. The topological polar surface area (TPSA) is 158 Å². The van der Waals surface area contributed by atoms with Crippen LogP contribution in [0.1, 0.15) is 128 Å². The maximum Gasteiger partial charge on any atom is 0.415 e. The Kier molecular flexibility index (Phi) is 12.5. The van der Waals surface area contributed by atoms with Gasteiger partial charge in [-0.1, -0.05) is 58.4 Å². The molecule has 1 atom stereocenters. The van der Waals surface area contributed by atoms with Gasteiger partial charge in [0.05, 0.1) is 29.0 Å². The lowest BCUT2D eigenvalue weighted by atomic mass is 9.86. The number of aromatic nitrogens is 2. The van der Waals surface area contributed by atoms with Crippen LogP contribution in [0.2, 0.25) is 0 Å². The van der Waals surface area contributed by atoms with Crippen molar-refractivity contribution in [1.82, 2.24) is 19.4 Å². The SMILES string of the molecule is CCc1ccc(OC(=O)N2CCN(C(=O)CCCCCCCCCCC(=O)OC(C)(C)C)CC2)c2cc3c(nc12)-c1cc2c(c(=O)n1C3)COC(=O)[C@]2(O)CC. The first-order valence-electron chi connectivity index (χ1n) is 20.3.